The Bertz CT molecular complexity index is 1490. The van der Waals surface area contributed by atoms with Crippen LogP contribution in [0.3, 0.4) is 0 Å². The molecule has 0 bridgehead atoms. The minimum Gasteiger partial charge on any atom is -0.340 e. The Morgan fingerprint density at radius 3 is 2.55 bits per heavy atom. The van der Waals surface area contributed by atoms with Gasteiger partial charge in [-0.2, -0.15) is 18.2 Å². The molecule has 2 unspecified atom stereocenters. The zero-order chi connectivity index (χ0) is 28.8. The monoisotopic (exact) mass is 558 g/mol. The molecule has 2 aliphatic rings. The average molecular weight is 558 g/mol. The highest BCUT2D eigenvalue weighted by atomic mass is 19.4. The molecule has 40 heavy (non-hydrogen) atoms. The third-order valence-corrected chi connectivity index (χ3v) is 6.30. The Labute approximate surface area is 223 Å². The van der Waals surface area contributed by atoms with Crippen LogP contribution >= 0.6 is 0 Å². The molecule has 0 radical (unpaired) electrons. The van der Waals surface area contributed by atoms with Gasteiger partial charge in [0, 0.05) is 31.9 Å². The minimum atomic E-state index is -4.68. The Balaban J connectivity index is 1.30. The lowest BCUT2D eigenvalue weighted by atomic mass is 10.1. The maximum absolute atomic E-state index is 13.4. The lowest BCUT2D eigenvalue weighted by molar-refractivity contribution is -0.145. The molecule has 5 rings (SSSR count). The number of halogens is 3. The SMILES string of the molecule is Cc1nc(CN2C(=O)C3C(N=CN3[C@@H](C)C(=O)Nc3cccc(-c4cnc(C(F)(F)F)nc4)n3)N(C)C2=O)no1. The second kappa shape index (κ2) is 9.97. The van der Waals surface area contributed by atoms with Gasteiger partial charge in [0.05, 0.1) is 18.6 Å². The van der Waals surface area contributed by atoms with Crippen molar-refractivity contribution in [3.63, 3.8) is 0 Å². The molecule has 0 spiro atoms. The summed E-state index contributed by atoms with van der Waals surface area (Å²) in [6, 6.07) is 2.05. The molecule has 2 aliphatic heterocycles. The summed E-state index contributed by atoms with van der Waals surface area (Å²) in [5.74, 6) is -1.89. The molecule has 1 N–H and O–H groups in total. The van der Waals surface area contributed by atoms with Crippen molar-refractivity contribution in [2.24, 2.45) is 4.99 Å². The van der Waals surface area contributed by atoms with Crippen LogP contribution in [0.4, 0.5) is 23.8 Å². The first-order chi connectivity index (χ1) is 18.9. The lowest BCUT2D eigenvalue weighted by Gasteiger charge is -2.41. The number of hydrogen-bond acceptors (Lipinski definition) is 11. The molecule has 1 saturated heterocycles. The van der Waals surface area contributed by atoms with E-state index in [1.807, 2.05) is 0 Å². The van der Waals surface area contributed by atoms with Crippen molar-refractivity contribution in [3.05, 3.63) is 48.1 Å². The van der Waals surface area contributed by atoms with Crippen LogP contribution in [0.1, 0.15) is 24.5 Å². The van der Waals surface area contributed by atoms with Crippen LogP contribution in [0, 0.1) is 6.92 Å². The first-order valence-corrected chi connectivity index (χ1v) is 11.8. The van der Waals surface area contributed by atoms with E-state index in [4.69, 9.17) is 4.52 Å². The van der Waals surface area contributed by atoms with E-state index in [0.29, 0.717) is 0 Å². The van der Waals surface area contributed by atoms with Gasteiger partial charge in [-0.3, -0.25) is 14.5 Å². The molecule has 0 saturated carbocycles. The summed E-state index contributed by atoms with van der Waals surface area (Å²) in [5.41, 5.74) is 0.445. The Kier molecular flexibility index (Phi) is 6.64. The predicted octanol–water partition coefficient (Wildman–Crippen LogP) is 1.71. The van der Waals surface area contributed by atoms with Crippen LogP contribution in [0.25, 0.3) is 11.3 Å². The quantitative estimate of drug-likeness (QED) is 0.471. The predicted molar refractivity (Wildman–Crippen MR) is 129 cm³/mol. The minimum absolute atomic E-state index is 0.110. The molecule has 3 aromatic rings. The number of nitrogens with zero attached hydrogens (tertiary/aromatic N) is 9. The highest BCUT2D eigenvalue weighted by molar-refractivity contribution is 6.03. The number of imide groups is 1. The summed E-state index contributed by atoms with van der Waals surface area (Å²) in [4.78, 5) is 62.4. The van der Waals surface area contributed by atoms with E-state index in [9.17, 15) is 27.6 Å². The second-order valence-corrected chi connectivity index (χ2v) is 8.98. The molecule has 17 heteroatoms. The average Bonchev–Trinajstić information content (AvgIpc) is 3.55. The molecule has 14 nitrogen and oxygen atoms in total. The molecule has 3 aromatic heterocycles. The lowest BCUT2D eigenvalue weighted by Crippen LogP contribution is -2.66. The number of pyridine rings is 1. The van der Waals surface area contributed by atoms with E-state index in [-0.39, 0.29) is 35.3 Å². The molecule has 0 aromatic carbocycles. The Morgan fingerprint density at radius 2 is 1.90 bits per heavy atom. The summed E-state index contributed by atoms with van der Waals surface area (Å²) in [6.45, 7) is 2.91. The van der Waals surface area contributed by atoms with Crippen molar-refractivity contribution in [1.29, 1.82) is 0 Å². The van der Waals surface area contributed by atoms with Gasteiger partial charge < -0.3 is 19.6 Å². The van der Waals surface area contributed by atoms with Crippen LogP contribution in [0.2, 0.25) is 0 Å². The normalized spacial score (nSPS) is 19.7. The summed E-state index contributed by atoms with van der Waals surface area (Å²) >= 11 is 0. The molecule has 1 fully saturated rings. The van der Waals surface area contributed by atoms with E-state index < -0.39 is 48.1 Å². The fourth-order valence-electron chi connectivity index (χ4n) is 4.25. The highest BCUT2D eigenvalue weighted by Crippen LogP contribution is 2.29. The molecular weight excluding hydrogens is 537 g/mol. The summed E-state index contributed by atoms with van der Waals surface area (Å²) in [7, 11) is 1.49. The van der Waals surface area contributed by atoms with Crippen molar-refractivity contribution in [2.45, 2.75) is 44.8 Å². The number of rotatable bonds is 6. The summed E-state index contributed by atoms with van der Waals surface area (Å²) in [5, 5.41) is 6.37. The Hall–Kier alpha value is -4.96. The van der Waals surface area contributed by atoms with E-state index in [2.05, 4.69) is 35.4 Å². The van der Waals surface area contributed by atoms with Crippen LogP contribution < -0.4 is 5.32 Å². The fraction of sp³-hybridized carbons (Fsp3) is 0.348. The van der Waals surface area contributed by atoms with Gasteiger partial charge in [0.1, 0.15) is 11.9 Å². The maximum Gasteiger partial charge on any atom is 0.451 e. The fourth-order valence-corrected chi connectivity index (χ4v) is 4.25. The molecule has 5 heterocycles. The number of aromatic nitrogens is 5. The summed E-state index contributed by atoms with van der Waals surface area (Å²) < 4.78 is 43.2. The van der Waals surface area contributed by atoms with Gasteiger partial charge in [-0.15, -0.1) is 0 Å². The van der Waals surface area contributed by atoms with Gasteiger partial charge in [-0.05, 0) is 19.1 Å². The number of carbonyl (C=O) groups is 3. The molecule has 3 atom stereocenters. The number of urea groups is 1. The number of carbonyl (C=O) groups excluding carboxylic acids is 3. The maximum atomic E-state index is 13.4. The van der Waals surface area contributed by atoms with Crippen molar-refractivity contribution in [2.75, 3.05) is 12.4 Å². The number of anilines is 1. The topological polar surface area (TPSA) is 163 Å². The van der Waals surface area contributed by atoms with Crippen LogP contribution in [-0.4, -0.2) is 89.3 Å². The number of amides is 4. The van der Waals surface area contributed by atoms with Crippen molar-refractivity contribution in [1.82, 2.24) is 39.8 Å². The Morgan fingerprint density at radius 1 is 1.18 bits per heavy atom. The van der Waals surface area contributed by atoms with Crippen molar-refractivity contribution >= 4 is 30.0 Å². The van der Waals surface area contributed by atoms with Crippen LogP contribution in [-0.2, 0) is 22.3 Å². The third kappa shape index (κ3) is 4.92. The van der Waals surface area contributed by atoms with Crippen molar-refractivity contribution in [3.8, 4) is 11.3 Å². The van der Waals surface area contributed by atoms with Gasteiger partial charge in [0.25, 0.3) is 5.91 Å². The first-order valence-electron chi connectivity index (χ1n) is 11.8. The highest BCUT2D eigenvalue weighted by Gasteiger charge is 2.51. The zero-order valence-electron chi connectivity index (χ0n) is 21.2. The number of hydrogen-bond donors (Lipinski definition) is 1. The summed E-state index contributed by atoms with van der Waals surface area (Å²) in [6.07, 6.45) is -2.21. The third-order valence-electron chi connectivity index (χ3n) is 6.30. The molecule has 4 amide bonds. The largest absolute Gasteiger partial charge is 0.451 e. The number of aryl methyl sites for hydroxylation is 1. The van der Waals surface area contributed by atoms with Gasteiger partial charge >= 0.3 is 12.2 Å². The number of aliphatic imine (C=N–C) groups is 1. The standard InChI is InChI=1S/C23H21F3N10O4/c1-11(19(37)32-15-6-4-5-14(31-15)13-7-27-21(28-8-13)23(24,25)26)36-10-29-18-17(36)20(38)35(22(39)34(18)3)9-16-30-12(2)40-33-16/h4-8,10-11,17-18H,9H2,1-3H3,(H,31,32,37)/t11-,17?,18?/m0/s1. The zero-order valence-corrected chi connectivity index (χ0v) is 21.2. The smallest absolute Gasteiger partial charge is 0.340 e. The number of nitrogens with one attached hydrogen (secondary N) is 1. The second-order valence-electron chi connectivity index (χ2n) is 8.98. The van der Waals surface area contributed by atoms with Gasteiger partial charge in [0.15, 0.2) is 18.0 Å². The van der Waals surface area contributed by atoms with E-state index in [0.717, 1.165) is 17.3 Å². The number of alkyl halides is 3. The van der Waals surface area contributed by atoms with Gasteiger partial charge in [0.2, 0.25) is 17.6 Å². The molecule has 208 valence electrons. The van der Waals surface area contributed by atoms with E-state index >= 15 is 0 Å². The number of likely N-dealkylation sites (N-methyl/N-ethyl adjacent to an activating group) is 1. The van der Waals surface area contributed by atoms with Crippen LogP contribution in [0.15, 0.2) is 40.1 Å². The van der Waals surface area contributed by atoms with E-state index in [1.165, 1.54) is 35.3 Å². The van der Waals surface area contributed by atoms with Crippen molar-refractivity contribution < 1.29 is 32.1 Å². The van der Waals surface area contributed by atoms with Gasteiger partial charge in [-0.25, -0.2) is 24.7 Å². The molecule has 0 aliphatic carbocycles. The van der Waals surface area contributed by atoms with E-state index in [1.54, 1.807) is 19.9 Å². The molecular formula is C23H21F3N10O4. The van der Waals surface area contributed by atoms with Crippen LogP contribution in [0.5, 0.6) is 0 Å². The number of fused-ring (bicyclic) bond motifs is 1. The van der Waals surface area contributed by atoms with Gasteiger partial charge in [-0.1, -0.05) is 11.2 Å². The first kappa shape index (κ1) is 26.6.